The van der Waals surface area contributed by atoms with Gasteiger partial charge in [0, 0.05) is 23.7 Å². The van der Waals surface area contributed by atoms with Crippen molar-refractivity contribution in [1.82, 2.24) is 15.2 Å². The lowest BCUT2D eigenvalue weighted by Gasteiger charge is -2.23. The lowest BCUT2D eigenvalue weighted by Crippen LogP contribution is -2.40. The molecule has 2 N–H and O–H groups in total. The predicted octanol–water partition coefficient (Wildman–Crippen LogP) is 5.32. The van der Waals surface area contributed by atoms with Gasteiger partial charge in [-0.2, -0.15) is 0 Å². The molecule has 1 saturated heterocycles. The van der Waals surface area contributed by atoms with E-state index in [0.717, 1.165) is 36.1 Å². The van der Waals surface area contributed by atoms with E-state index in [1.165, 1.54) is 12.0 Å². The maximum absolute atomic E-state index is 13.1. The molecule has 5 nitrogen and oxygen atoms in total. The number of likely N-dealkylation sites (tertiary alicyclic amines) is 1. The number of hydrogen-bond donors (Lipinski definition) is 2. The number of carbonyl (C=O) groups excluding carboxylic acids is 1. The molecule has 162 valence electrons. The number of likely N-dealkylation sites (N-methyl/N-ethyl adjacent to an activating group) is 1. The van der Waals surface area contributed by atoms with Crippen LogP contribution in [0.4, 0.5) is 11.5 Å². The first-order chi connectivity index (χ1) is 15.0. The summed E-state index contributed by atoms with van der Waals surface area (Å²) in [5.74, 6) is 1.13. The zero-order valence-electron chi connectivity index (χ0n) is 18.7. The zero-order chi connectivity index (χ0) is 21.8. The van der Waals surface area contributed by atoms with Crippen molar-refractivity contribution in [1.29, 1.82) is 0 Å². The van der Waals surface area contributed by atoms with Crippen LogP contribution in [0.3, 0.4) is 0 Å². The Morgan fingerprint density at radius 2 is 1.94 bits per heavy atom. The lowest BCUT2D eigenvalue weighted by molar-refractivity contribution is 0.0943. The summed E-state index contributed by atoms with van der Waals surface area (Å²) in [6.45, 7) is 9.39. The molecule has 1 aromatic heterocycles. The van der Waals surface area contributed by atoms with Crippen molar-refractivity contribution in [2.24, 2.45) is 0 Å². The van der Waals surface area contributed by atoms with Gasteiger partial charge >= 0.3 is 0 Å². The molecule has 1 unspecified atom stereocenters. The highest BCUT2D eigenvalue weighted by Gasteiger charge is 2.23. The molecule has 1 aliphatic rings. The van der Waals surface area contributed by atoms with Crippen molar-refractivity contribution >= 4 is 28.3 Å². The minimum absolute atomic E-state index is 0.0419. The van der Waals surface area contributed by atoms with E-state index in [1.54, 1.807) is 0 Å². The van der Waals surface area contributed by atoms with Gasteiger partial charge in [0.25, 0.3) is 5.91 Å². The zero-order valence-corrected chi connectivity index (χ0v) is 18.7. The molecule has 0 bridgehead atoms. The van der Waals surface area contributed by atoms with Crippen LogP contribution in [-0.2, 0) is 0 Å². The third-order valence-electron chi connectivity index (χ3n) is 6.21. The number of pyridine rings is 1. The number of nitrogens with zero attached hydrogens (tertiary/aromatic N) is 2. The Morgan fingerprint density at radius 1 is 1.16 bits per heavy atom. The third kappa shape index (κ3) is 4.88. The van der Waals surface area contributed by atoms with Crippen LogP contribution in [0.25, 0.3) is 10.9 Å². The Labute approximate surface area is 184 Å². The Kier molecular flexibility index (Phi) is 6.52. The quantitative estimate of drug-likeness (QED) is 0.548. The molecule has 0 spiro atoms. The summed E-state index contributed by atoms with van der Waals surface area (Å²) >= 11 is 0. The molecule has 1 amide bonds. The van der Waals surface area contributed by atoms with E-state index >= 15 is 0 Å². The highest BCUT2D eigenvalue weighted by Crippen LogP contribution is 2.25. The molecule has 1 atom stereocenters. The van der Waals surface area contributed by atoms with E-state index < -0.39 is 0 Å². The number of hydrogen-bond acceptors (Lipinski definition) is 4. The average Bonchev–Trinajstić information content (AvgIpc) is 3.25. The summed E-state index contributed by atoms with van der Waals surface area (Å²) in [6.07, 6.45) is 2.35. The molecule has 3 aromatic rings. The molecular formula is C26H32N4O. The first-order valence-corrected chi connectivity index (χ1v) is 11.3. The van der Waals surface area contributed by atoms with Gasteiger partial charge in [0.05, 0.1) is 11.1 Å². The van der Waals surface area contributed by atoms with Crippen LogP contribution < -0.4 is 10.6 Å². The Bertz CT molecular complexity index is 1040. The molecule has 0 aliphatic carbocycles. The van der Waals surface area contributed by atoms with Gasteiger partial charge in [-0.3, -0.25) is 9.69 Å². The molecule has 1 fully saturated rings. The Balaban J connectivity index is 1.56. The van der Waals surface area contributed by atoms with Crippen molar-refractivity contribution in [3.63, 3.8) is 0 Å². The molecule has 2 aromatic carbocycles. The van der Waals surface area contributed by atoms with Crippen LogP contribution in [-0.4, -0.2) is 41.5 Å². The fraction of sp³-hybridized carbons (Fsp3) is 0.385. The third-order valence-corrected chi connectivity index (χ3v) is 6.21. The van der Waals surface area contributed by atoms with Crippen LogP contribution in [0.1, 0.15) is 55.5 Å². The van der Waals surface area contributed by atoms with Crippen molar-refractivity contribution in [2.45, 2.75) is 45.6 Å². The van der Waals surface area contributed by atoms with Crippen LogP contribution in [0.5, 0.6) is 0 Å². The largest absolute Gasteiger partial charge is 0.350 e. The van der Waals surface area contributed by atoms with Crippen LogP contribution in [0.15, 0.2) is 54.6 Å². The minimum atomic E-state index is -0.0419. The number of rotatable bonds is 7. The average molecular weight is 417 g/mol. The van der Waals surface area contributed by atoms with Crippen molar-refractivity contribution in [3.05, 3.63) is 65.7 Å². The number of amides is 1. The molecule has 31 heavy (non-hydrogen) atoms. The first kappa shape index (κ1) is 21.3. The Morgan fingerprint density at radius 3 is 2.68 bits per heavy atom. The van der Waals surface area contributed by atoms with E-state index in [1.807, 2.05) is 30.3 Å². The topological polar surface area (TPSA) is 57.3 Å². The summed E-state index contributed by atoms with van der Waals surface area (Å²) in [4.78, 5) is 20.3. The first-order valence-electron chi connectivity index (χ1n) is 11.3. The number of benzene rings is 2. The smallest absolute Gasteiger partial charge is 0.252 e. The fourth-order valence-corrected chi connectivity index (χ4v) is 4.37. The van der Waals surface area contributed by atoms with Crippen molar-refractivity contribution < 1.29 is 4.79 Å². The Hall–Kier alpha value is -2.92. The van der Waals surface area contributed by atoms with Crippen molar-refractivity contribution in [2.75, 3.05) is 25.0 Å². The molecule has 0 radical (unpaired) electrons. The van der Waals surface area contributed by atoms with E-state index in [0.29, 0.717) is 29.9 Å². The second kappa shape index (κ2) is 9.48. The van der Waals surface area contributed by atoms with Gasteiger partial charge in [-0.15, -0.1) is 0 Å². The molecule has 4 rings (SSSR count). The monoisotopic (exact) mass is 416 g/mol. The second-order valence-corrected chi connectivity index (χ2v) is 8.61. The summed E-state index contributed by atoms with van der Waals surface area (Å²) < 4.78 is 0. The molecule has 1 aliphatic heterocycles. The van der Waals surface area contributed by atoms with Gasteiger partial charge in [0.2, 0.25) is 0 Å². The number of fused-ring (bicyclic) bond motifs is 1. The number of nitrogens with one attached hydrogen (secondary N) is 2. The molecular weight excluding hydrogens is 384 g/mol. The number of para-hydroxylation sites is 1. The fourth-order valence-electron chi connectivity index (χ4n) is 4.37. The summed E-state index contributed by atoms with van der Waals surface area (Å²) in [5.41, 5.74) is 3.73. The normalized spacial score (nSPS) is 16.7. The molecule has 0 saturated carbocycles. The van der Waals surface area contributed by atoms with Gasteiger partial charge in [0.1, 0.15) is 5.82 Å². The van der Waals surface area contributed by atoms with Gasteiger partial charge in [-0.05, 0) is 61.7 Å². The van der Waals surface area contributed by atoms with Crippen molar-refractivity contribution in [3.8, 4) is 0 Å². The second-order valence-electron chi connectivity index (χ2n) is 8.61. The van der Waals surface area contributed by atoms with Crippen LogP contribution in [0, 0.1) is 0 Å². The van der Waals surface area contributed by atoms with E-state index in [4.69, 9.17) is 4.98 Å². The van der Waals surface area contributed by atoms with Crippen LogP contribution in [0.2, 0.25) is 0 Å². The minimum Gasteiger partial charge on any atom is -0.350 e. The number of anilines is 2. The van der Waals surface area contributed by atoms with Gasteiger partial charge in [-0.1, -0.05) is 51.1 Å². The summed E-state index contributed by atoms with van der Waals surface area (Å²) in [5, 5.41) is 7.42. The summed E-state index contributed by atoms with van der Waals surface area (Å²) in [7, 11) is 0. The lowest BCUT2D eigenvalue weighted by atomic mass is 10.0. The SMILES string of the molecule is CCN1CCCC1CNC(=O)c1cc(Nc2ccc(C(C)C)cc2)nc2ccccc12. The van der Waals surface area contributed by atoms with E-state index in [9.17, 15) is 4.79 Å². The molecule has 5 heteroatoms. The van der Waals surface area contributed by atoms with Gasteiger partial charge in [-0.25, -0.2) is 4.98 Å². The molecule has 2 heterocycles. The van der Waals surface area contributed by atoms with Gasteiger partial charge in [0.15, 0.2) is 0 Å². The highest BCUT2D eigenvalue weighted by atomic mass is 16.1. The number of aromatic nitrogens is 1. The van der Waals surface area contributed by atoms with E-state index in [-0.39, 0.29) is 5.91 Å². The van der Waals surface area contributed by atoms with E-state index in [2.05, 4.69) is 60.6 Å². The highest BCUT2D eigenvalue weighted by molar-refractivity contribution is 6.07. The predicted molar refractivity (Wildman–Crippen MR) is 128 cm³/mol. The standard InChI is InChI=1S/C26H32N4O/c1-4-30-15-7-8-21(30)17-27-26(31)23-16-25(29-24-10-6-5-9-22(23)24)28-20-13-11-19(12-14-20)18(2)3/h5-6,9-14,16,18,21H,4,7-8,15,17H2,1-3H3,(H,27,31)(H,28,29). The summed E-state index contributed by atoms with van der Waals surface area (Å²) in [6, 6.07) is 18.5. The van der Waals surface area contributed by atoms with Crippen LogP contribution >= 0.6 is 0 Å². The maximum atomic E-state index is 13.1. The maximum Gasteiger partial charge on any atom is 0.252 e. The number of carbonyl (C=O) groups is 1. The van der Waals surface area contributed by atoms with Gasteiger partial charge < -0.3 is 10.6 Å².